The van der Waals surface area contributed by atoms with Gasteiger partial charge in [0.1, 0.15) is 18.3 Å². The summed E-state index contributed by atoms with van der Waals surface area (Å²) in [6, 6.07) is -0.197. The Bertz CT molecular complexity index is 613. The highest BCUT2D eigenvalue weighted by Crippen LogP contribution is 2.28. The number of amides is 1. The van der Waals surface area contributed by atoms with Gasteiger partial charge in [0.15, 0.2) is 6.29 Å². The lowest BCUT2D eigenvalue weighted by atomic mass is 9.85. The average molecular weight is 506 g/mol. The van der Waals surface area contributed by atoms with Crippen molar-refractivity contribution in [2.45, 2.75) is 136 Å². The van der Waals surface area contributed by atoms with Crippen molar-refractivity contribution >= 4 is 5.91 Å². The Morgan fingerprint density at radius 1 is 1.00 bits per heavy atom. The maximum atomic E-state index is 12.8. The molecule has 35 heavy (non-hydrogen) atoms. The van der Waals surface area contributed by atoms with E-state index in [2.05, 4.69) is 26.1 Å². The van der Waals surface area contributed by atoms with Crippen LogP contribution in [0.4, 0.5) is 0 Å². The molecule has 0 bridgehead atoms. The second kappa shape index (κ2) is 14.8. The largest absolute Gasteiger partial charge is 0.394 e. The van der Waals surface area contributed by atoms with E-state index in [1.807, 2.05) is 27.7 Å². The summed E-state index contributed by atoms with van der Waals surface area (Å²) in [5.41, 5.74) is -0.0194. The maximum absolute atomic E-state index is 12.8. The highest BCUT2D eigenvalue weighted by Gasteiger charge is 2.44. The highest BCUT2D eigenvalue weighted by atomic mass is 16.7. The summed E-state index contributed by atoms with van der Waals surface area (Å²) >= 11 is 0. The molecular formula is C26H51NO8. The predicted octanol–water partition coefficient (Wildman–Crippen LogP) is 1.72. The standard InChI is InChI=1S/C26H51NO8/c1-8-15(3)19(10-18(30)13-26(5,6)7)27-22(31)12-17(29)11-20(16(4)9-2)34-25-24(33)23(32)21(14-28)35-25/h15-21,23-25,28-30,32-33H,8-14H2,1-7H3,(H,27,31)/t15?,16?,17?,18?,19?,20?,21-,23?,24?,25+/m0/s1. The number of rotatable bonds is 15. The normalized spacial score (nSPS) is 28.2. The van der Waals surface area contributed by atoms with Crippen LogP contribution in [0.15, 0.2) is 0 Å². The first-order valence-electron chi connectivity index (χ1n) is 13.2. The van der Waals surface area contributed by atoms with Crippen LogP contribution in [-0.4, -0.2) is 87.0 Å². The summed E-state index contributed by atoms with van der Waals surface area (Å²) in [7, 11) is 0. The Labute approximate surface area is 211 Å². The second-order valence-electron chi connectivity index (χ2n) is 11.6. The highest BCUT2D eigenvalue weighted by molar-refractivity contribution is 5.76. The molecule has 9 nitrogen and oxygen atoms in total. The summed E-state index contributed by atoms with van der Waals surface area (Å²) in [5.74, 6) is -0.121. The van der Waals surface area contributed by atoms with Crippen LogP contribution >= 0.6 is 0 Å². The molecule has 0 spiro atoms. The van der Waals surface area contributed by atoms with E-state index in [0.717, 1.165) is 12.8 Å². The van der Waals surface area contributed by atoms with Crippen molar-refractivity contribution in [2.75, 3.05) is 6.61 Å². The smallest absolute Gasteiger partial charge is 0.222 e. The van der Waals surface area contributed by atoms with E-state index in [1.54, 1.807) is 0 Å². The number of aliphatic hydroxyl groups is 5. The van der Waals surface area contributed by atoms with Crippen LogP contribution < -0.4 is 5.32 Å². The molecule has 8 unspecified atom stereocenters. The van der Waals surface area contributed by atoms with E-state index in [-0.39, 0.29) is 42.0 Å². The number of carbonyl (C=O) groups is 1. The van der Waals surface area contributed by atoms with Gasteiger partial charge in [0.2, 0.25) is 5.91 Å². The van der Waals surface area contributed by atoms with Crippen molar-refractivity contribution in [1.82, 2.24) is 5.32 Å². The van der Waals surface area contributed by atoms with Gasteiger partial charge in [-0.1, -0.05) is 61.3 Å². The third kappa shape index (κ3) is 11.0. The minimum absolute atomic E-state index is 0.00534. The minimum atomic E-state index is -1.31. The summed E-state index contributed by atoms with van der Waals surface area (Å²) in [5, 5.41) is 53.7. The predicted molar refractivity (Wildman–Crippen MR) is 133 cm³/mol. The lowest BCUT2D eigenvalue weighted by molar-refractivity contribution is -0.207. The molecule has 208 valence electrons. The van der Waals surface area contributed by atoms with Crippen LogP contribution in [0.3, 0.4) is 0 Å². The first kappa shape index (κ1) is 32.2. The first-order chi connectivity index (χ1) is 16.2. The van der Waals surface area contributed by atoms with Crippen molar-refractivity contribution < 1.29 is 39.8 Å². The Hall–Kier alpha value is -0.810. The van der Waals surface area contributed by atoms with Crippen molar-refractivity contribution in [3.8, 4) is 0 Å². The zero-order valence-electron chi connectivity index (χ0n) is 22.7. The van der Waals surface area contributed by atoms with E-state index < -0.39 is 49.5 Å². The molecule has 0 aliphatic carbocycles. The fourth-order valence-electron chi connectivity index (χ4n) is 4.47. The number of hydrogen-bond acceptors (Lipinski definition) is 8. The topological polar surface area (TPSA) is 149 Å². The molecule has 10 atom stereocenters. The van der Waals surface area contributed by atoms with Crippen molar-refractivity contribution in [2.24, 2.45) is 17.3 Å². The molecule has 1 aliphatic rings. The molecule has 0 saturated carbocycles. The quantitative estimate of drug-likeness (QED) is 0.197. The van der Waals surface area contributed by atoms with Crippen LogP contribution in [0.2, 0.25) is 0 Å². The molecule has 0 radical (unpaired) electrons. The van der Waals surface area contributed by atoms with Crippen molar-refractivity contribution in [3.63, 3.8) is 0 Å². The van der Waals surface area contributed by atoms with Crippen LogP contribution in [-0.2, 0) is 14.3 Å². The van der Waals surface area contributed by atoms with Crippen molar-refractivity contribution in [3.05, 3.63) is 0 Å². The summed E-state index contributed by atoms with van der Waals surface area (Å²) in [6.07, 6.45) is -3.96. The molecule has 0 aromatic rings. The molecule has 1 rings (SSSR count). The SMILES string of the molecule is CCC(C)C(CC(O)CC(C)(C)C)NC(=O)CC(O)CC(O[C@@H]1O[C@@H](CO)C(O)C1O)C(C)CC. The van der Waals surface area contributed by atoms with Crippen LogP contribution in [0.25, 0.3) is 0 Å². The number of ether oxygens (including phenoxy) is 2. The van der Waals surface area contributed by atoms with E-state index in [1.165, 1.54) is 0 Å². The van der Waals surface area contributed by atoms with Gasteiger partial charge >= 0.3 is 0 Å². The molecule has 0 aromatic carbocycles. The molecular weight excluding hydrogens is 454 g/mol. The van der Waals surface area contributed by atoms with Gasteiger partial charge in [-0.3, -0.25) is 4.79 Å². The Balaban J connectivity index is 2.72. The fourth-order valence-corrected chi connectivity index (χ4v) is 4.47. The Morgan fingerprint density at radius 2 is 1.60 bits per heavy atom. The summed E-state index contributed by atoms with van der Waals surface area (Å²) in [6.45, 7) is 13.8. The maximum Gasteiger partial charge on any atom is 0.222 e. The zero-order valence-corrected chi connectivity index (χ0v) is 22.7. The van der Waals surface area contributed by atoms with E-state index >= 15 is 0 Å². The fraction of sp³-hybridized carbons (Fsp3) is 0.962. The van der Waals surface area contributed by atoms with Crippen LogP contribution in [0, 0.1) is 17.3 Å². The Kier molecular flexibility index (Phi) is 13.6. The van der Waals surface area contributed by atoms with Crippen molar-refractivity contribution in [1.29, 1.82) is 0 Å². The van der Waals surface area contributed by atoms with Gasteiger partial charge in [0.25, 0.3) is 0 Å². The lowest BCUT2D eigenvalue weighted by Gasteiger charge is -2.31. The molecule has 0 aromatic heterocycles. The van der Waals surface area contributed by atoms with Crippen LogP contribution in [0.5, 0.6) is 0 Å². The molecule has 1 aliphatic heterocycles. The van der Waals surface area contributed by atoms with Gasteiger partial charge in [-0.15, -0.1) is 0 Å². The lowest BCUT2D eigenvalue weighted by Crippen LogP contribution is -2.43. The van der Waals surface area contributed by atoms with E-state index in [4.69, 9.17) is 9.47 Å². The third-order valence-electron chi connectivity index (χ3n) is 7.06. The Morgan fingerprint density at radius 3 is 2.09 bits per heavy atom. The van der Waals surface area contributed by atoms with Gasteiger partial charge in [-0.2, -0.15) is 0 Å². The summed E-state index contributed by atoms with van der Waals surface area (Å²) in [4.78, 5) is 12.8. The monoisotopic (exact) mass is 505 g/mol. The molecule has 1 saturated heterocycles. The average Bonchev–Trinajstić information content (AvgIpc) is 3.03. The molecule has 1 fully saturated rings. The van der Waals surface area contributed by atoms with Gasteiger partial charge in [0, 0.05) is 12.5 Å². The molecule has 1 amide bonds. The number of aliphatic hydroxyl groups excluding tert-OH is 5. The number of carbonyl (C=O) groups excluding carboxylic acids is 1. The zero-order chi connectivity index (χ0) is 26.9. The number of hydrogen-bond donors (Lipinski definition) is 6. The number of nitrogens with one attached hydrogen (secondary N) is 1. The second-order valence-corrected chi connectivity index (χ2v) is 11.6. The van der Waals surface area contributed by atoms with Gasteiger partial charge in [-0.25, -0.2) is 0 Å². The van der Waals surface area contributed by atoms with Gasteiger partial charge in [-0.05, 0) is 30.1 Å². The molecule has 1 heterocycles. The summed E-state index contributed by atoms with van der Waals surface area (Å²) < 4.78 is 11.3. The van der Waals surface area contributed by atoms with Gasteiger partial charge < -0.3 is 40.3 Å². The van der Waals surface area contributed by atoms with Gasteiger partial charge in [0.05, 0.1) is 31.3 Å². The minimum Gasteiger partial charge on any atom is -0.394 e. The van der Waals surface area contributed by atoms with E-state index in [0.29, 0.717) is 12.8 Å². The van der Waals surface area contributed by atoms with Crippen LogP contribution in [0.1, 0.15) is 87.0 Å². The molecule has 6 N–H and O–H groups in total. The molecule has 9 heteroatoms. The van der Waals surface area contributed by atoms with E-state index in [9.17, 15) is 30.3 Å². The third-order valence-corrected chi connectivity index (χ3v) is 7.06. The first-order valence-corrected chi connectivity index (χ1v) is 13.2.